The molecule has 6 rings (SSSR count). The molecular weight excluding hydrogens is 464 g/mol. The van der Waals surface area contributed by atoms with Crippen LogP contribution in [0.4, 0.5) is 11.4 Å². The van der Waals surface area contributed by atoms with Crippen molar-refractivity contribution in [3.63, 3.8) is 0 Å². The van der Waals surface area contributed by atoms with Crippen LogP contribution in [-0.4, -0.2) is 23.1 Å². The lowest BCUT2D eigenvalue weighted by molar-refractivity contribution is 0.670. The average Bonchev–Trinajstić information content (AvgIpc) is 3.34. The fourth-order valence-electron chi connectivity index (χ4n) is 6.53. The number of rotatable bonds is 9. The van der Waals surface area contributed by atoms with Crippen molar-refractivity contribution in [1.29, 1.82) is 0 Å². The molecule has 2 N–H and O–H groups in total. The molecule has 4 aromatic rings. The molecule has 38 heavy (non-hydrogen) atoms. The second-order valence-electron chi connectivity index (χ2n) is 11.2. The van der Waals surface area contributed by atoms with Gasteiger partial charge in [0.05, 0.1) is 11.0 Å². The van der Waals surface area contributed by atoms with E-state index in [1.165, 1.54) is 109 Å². The molecule has 0 bridgehead atoms. The highest BCUT2D eigenvalue weighted by atomic mass is 14.9. The van der Waals surface area contributed by atoms with Crippen molar-refractivity contribution in [2.24, 2.45) is 0 Å². The molecule has 0 radical (unpaired) electrons. The maximum atomic E-state index is 5.04. The van der Waals surface area contributed by atoms with Crippen molar-refractivity contribution in [1.82, 2.24) is 9.97 Å². The minimum Gasteiger partial charge on any atom is -0.384 e. The lowest BCUT2D eigenvalue weighted by Gasteiger charge is -2.18. The maximum absolute atomic E-state index is 5.04. The molecule has 198 valence electrons. The fraction of sp³-hybridized carbons (Fsp3) is 0.471. The summed E-state index contributed by atoms with van der Waals surface area (Å²) in [5.74, 6) is 0. The summed E-state index contributed by atoms with van der Waals surface area (Å²) in [5.41, 5.74) is 10.6. The van der Waals surface area contributed by atoms with Crippen molar-refractivity contribution in [2.45, 2.75) is 89.9 Å². The van der Waals surface area contributed by atoms with Crippen LogP contribution in [0.25, 0.3) is 21.8 Å². The van der Waals surface area contributed by atoms with Gasteiger partial charge in [-0.25, -0.2) is 0 Å². The highest BCUT2D eigenvalue weighted by Crippen LogP contribution is 2.34. The first-order valence-electron chi connectivity index (χ1n) is 15.2. The molecular formula is C34H42N4. The Morgan fingerprint density at radius 3 is 1.45 bits per heavy atom. The number of pyridine rings is 2. The van der Waals surface area contributed by atoms with E-state index in [9.17, 15) is 0 Å². The molecule has 0 unspecified atom stereocenters. The van der Waals surface area contributed by atoms with Crippen LogP contribution < -0.4 is 10.6 Å². The van der Waals surface area contributed by atoms with Crippen LogP contribution in [0.1, 0.15) is 86.7 Å². The minimum atomic E-state index is 1.04. The first kappa shape index (κ1) is 25.2. The van der Waals surface area contributed by atoms with Gasteiger partial charge in [0.1, 0.15) is 0 Å². The van der Waals surface area contributed by atoms with Gasteiger partial charge in [0.15, 0.2) is 0 Å². The topological polar surface area (TPSA) is 49.8 Å². The number of nitrogens with zero attached hydrogens (tertiary/aromatic N) is 2. The summed E-state index contributed by atoms with van der Waals surface area (Å²) < 4.78 is 0. The number of hydrogen-bond donors (Lipinski definition) is 2. The third kappa shape index (κ3) is 5.50. The van der Waals surface area contributed by atoms with Gasteiger partial charge >= 0.3 is 0 Å². The Kier molecular flexibility index (Phi) is 8.04. The van der Waals surface area contributed by atoms with Gasteiger partial charge in [0.25, 0.3) is 0 Å². The summed E-state index contributed by atoms with van der Waals surface area (Å²) in [6, 6.07) is 17.3. The monoisotopic (exact) mass is 506 g/mol. The van der Waals surface area contributed by atoms with E-state index in [0.717, 1.165) is 49.8 Å². The molecule has 2 heterocycles. The Morgan fingerprint density at radius 2 is 0.947 bits per heavy atom. The van der Waals surface area contributed by atoms with Crippen molar-refractivity contribution < 1.29 is 0 Å². The molecule has 0 saturated heterocycles. The third-order valence-corrected chi connectivity index (χ3v) is 8.55. The maximum Gasteiger partial charge on any atom is 0.0726 e. The fourth-order valence-corrected chi connectivity index (χ4v) is 6.53. The summed E-state index contributed by atoms with van der Waals surface area (Å²) >= 11 is 0. The molecule has 4 nitrogen and oxygen atoms in total. The Hall–Kier alpha value is -3.14. The first-order valence-corrected chi connectivity index (χ1v) is 15.2. The Labute approximate surface area is 227 Å². The van der Waals surface area contributed by atoms with E-state index in [-0.39, 0.29) is 0 Å². The number of anilines is 2. The summed E-state index contributed by atoms with van der Waals surface area (Å²) in [5, 5.41) is 10.3. The largest absolute Gasteiger partial charge is 0.384 e. The van der Waals surface area contributed by atoms with Gasteiger partial charge in [-0.2, -0.15) is 0 Å². The number of fused-ring (bicyclic) bond motifs is 4. The van der Waals surface area contributed by atoms with Crippen LogP contribution in [0.15, 0.2) is 48.5 Å². The van der Waals surface area contributed by atoms with Gasteiger partial charge in [-0.05, 0) is 87.5 Å². The number of unbranched alkanes of at least 4 members (excludes halogenated alkanes) is 3. The molecule has 0 atom stereocenters. The highest BCUT2D eigenvalue weighted by molar-refractivity contribution is 5.94. The Bertz CT molecular complexity index is 1290. The molecule has 2 aliphatic rings. The number of aryl methyl sites for hydroxylation is 2. The van der Waals surface area contributed by atoms with E-state index in [4.69, 9.17) is 9.97 Å². The minimum absolute atomic E-state index is 1.04. The van der Waals surface area contributed by atoms with Crippen LogP contribution in [0.2, 0.25) is 0 Å². The lowest BCUT2D eigenvalue weighted by atomic mass is 10.0. The summed E-state index contributed by atoms with van der Waals surface area (Å²) in [4.78, 5) is 10.1. The zero-order valence-electron chi connectivity index (χ0n) is 22.8. The smallest absolute Gasteiger partial charge is 0.0726 e. The Balaban J connectivity index is 1.03. The van der Waals surface area contributed by atoms with Crippen LogP contribution in [0.5, 0.6) is 0 Å². The van der Waals surface area contributed by atoms with Crippen LogP contribution in [0.3, 0.4) is 0 Å². The zero-order chi connectivity index (χ0) is 25.6. The SMILES string of the molecule is c1ccc2c(NCCCCCCNc3c4c(nc5ccccc35)CCCCC4)c3c(nc2c1)CCCCC3. The standard InChI is InChI=1S/C34H42N4/c1(13-23-35-33-25-15-5-3-7-19-29(25)37-31-21-11-9-17-27(31)33)2-14-24-36-34-26-16-6-4-8-20-30(26)38-32-22-12-10-18-28(32)34/h9-12,17-18,21-22H,1-8,13-16,19-20,23-24H2,(H,35,37)(H,36,38). The number of nitrogens with one attached hydrogen (secondary N) is 2. The van der Waals surface area contributed by atoms with E-state index in [0.29, 0.717) is 0 Å². The second kappa shape index (κ2) is 12.1. The van der Waals surface area contributed by atoms with Crippen molar-refractivity contribution in [3.8, 4) is 0 Å². The van der Waals surface area contributed by atoms with Crippen LogP contribution in [0, 0.1) is 0 Å². The van der Waals surface area contributed by atoms with Crippen molar-refractivity contribution in [3.05, 3.63) is 71.0 Å². The predicted octanol–water partition coefficient (Wildman–Crippen LogP) is 8.41. The van der Waals surface area contributed by atoms with E-state index in [1.54, 1.807) is 0 Å². The highest BCUT2D eigenvalue weighted by Gasteiger charge is 2.18. The van der Waals surface area contributed by atoms with Gasteiger partial charge in [0, 0.05) is 46.6 Å². The van der Waals surface area contributed by atoms with Gasteiger partial charge in [-0.15, -0.1) is 0 Å². The lowest BCUT2D eigenvalue weighted by Crippen LogP contribution is -2.09. The third-order valence-electron chi connectivity index (χ3n) is 8.55. The second-order valence-corrected chi connectivity index (χ2v) is 11.2. The van der Waals surface area contributed by atoms with Gasteiger partial charge in [-0.1, -0.05) is 62.1 Å². The normalized spacial score (nSPS) is 15.5. The predicted molar refractivity (Wildman–Crippen MR) is 161 cm³/mol. The number of aromatic nitrogens is 2. The number of para-hydroxylation sites is 2. The molecule has 0 fully saturated rings. The molecule has 2 aliphatic carbocycles. The first-order chi connectivity index (χ1) is 18.9. The Morgan fingerprint density at radius 1 is 0.500 bits per heavy atom. The van der Waals surface area contributed by atoms with Crippen LogP contribution >= 0.6 is 0 Å². The summed E-state index contributed by atoms with van der Waals surface area (Å²) in [7, 11) is 0. The summed E-state index contributed by atoms with van der Waals surface area (Å²) in [6.45, 7) is 2.08. The molecule has 2 aromatic carbocycles. The molecule has 0 saturated carbocycles. The van der Waals surface area contributed by atoms with E-state index in [1.807, 2.05) is 0 Å². The molecule has 0 amide bonds. The van der Waals surface area contributed by atoms with E-state index >= 15 is 0 Å². The quantitative estimate of drug-likeness (QED) is 0.177. The molecule has 0 spiro atoms. The van der Waals surface area contributed by atoms with Crippen molar-refractivity contribution in [2.75, 3.05) is 23.7 Å². The molecule has 0 aliphatic heterocycles. The number of hydrogen-bond acceptors (Lipinski definition) is 4. The zero-order valence-corrected chi connectivity index (χ0v) is 22.8. The molecule has 4 heteroatoms. The van der Waals surface area contributed by atoms with Crippen LogP contribution in [-0.2, 0) is 25.7 Å². The van der Waals surface area contributed by atoms with E-state index in [2.05, 4.69) is 59.2 Å². The van der Waals surface area contributed by atoms with Gasteiger partial charge in [0.2, 0.25) is 0 Å². The van der Waals surface area contributed by atoms with Crippen molar-refractivity contribution >= 4 is 33.2 Å². The van der Waals surface area contributed by atoms with Gasteiger partial charge < -0.3 is 10.6 Å². The van der Waals surface area contributed by atoms with Gasteiger partial charge in [-0.3, -0.25) is 9.97 Å². The number of benzene rings is 2. The van der Waals surface area contributed by atoms with E-state index < -0.39 is 0 Å². The molecule has 2 aromatic heterocycles. The average molecular weight is 507 g/mol. The summed E-state index contributed by atoms with van der Waals surface area (Å²) in [6.07, 6.45) is 17.2.